The van der Waals surface area contributed by atoms with Crippen molar-refractivity contribution >= 4 is 23.1 Å². The Hall–Kier alpha value is -2.20. The molecule has 0 bridgehead atoms. The molecule has 0 fully saturated rings. The Kier molecular flexibility index (Phi) is 4.70. The molecule has 0 aliphatic rings. The molecule has 4 heteroatoms. The van der Waals surface area contributed by atoms with Crippen molar-refractivity contribution in [3.63, 3.8) is 0 Å². The number of aryl methyl sites for hydroxylation is 1. The summed E-state index contributed by atoms with van der Waals surface area (Å²) in [7, 11) is 1.80. The van der Waals surface area contributed by atoms with Gasteiger partial charge in [-0.3, -0.25) is 4.79 Å². The Labute approximate surface area is 130 Å². The average Bonchev–Trinajstić information content (AvgIpc) is 2.46. The fraction of sp³-hybridized carbons (Fsp3) is 0.176. The Morgan fingerprint density at radius 2 is 1.76 bits per heavy atom. The van der Waals surface area contributed by atoms with Crippen molar-refractivity contribution in [2.24, 2.45) is 5.73 Å². The van der Waals surface area contributed by atoms with Gasteiger partial charge in [-0.25, -0.2) is 0 Å². The molecule has 0 atom stereocenters. The molecule has 21 heavy (non-hydrogen) atoms. The Morgan fingerprint density at radius 1 is 1.14 bits per heavy atom. The van der Waals surface area contributed by atoms with E-state index in [1.54, 1.807) is 36.2 Å². The zero-order valence-electron chi connectivity index (χ0n) is 12.2. The molecule has 0 aliphatic carbocycles. The molecule has 0 unspecified atom stereocenters. The van der Waals surface area contributed by atoms with Crippen molar-refractivity contribution < 1.29 is 4.79 Å². The highest BCUT2D eigenvalue weighted by Crippen LogP contribution is 2.11. The molecule has 2 aromatic carbocycles. The van der Waals surface area contributed by atoms with Crippen LogP contribution in [-0.4, -0.2) is 22.8 Å². The summed E-state index contributed by atoms with van der Waals surface area (Å²) in [5, 5.41) is 0. The second-order valence-corrected chi connectivity index (χ2v) is 5.53. The molecule has 1 amide bonds. The summed E-state index contributed by atoms with van der Waals surface area (Å²) in [6.07, 6.45) is 0. The highest BCUT2D eigenvalue weighted by Gasteiger charge is 2.12. The molecule has 0 aromatic heterocycles. The minimum atomic E-state index is -0.0222. The molecule has 0 aliphatic heterocycles. The zero-order valence-corrected chi connectivity index (χ0v) is 13.0. The predicted molar refractivity (Wildman–Crippen MR) is 89.3 cm³/mol. The van der Waals surface area contributed by atoms with E-state index in [1.165, 1.54) is 5.56 Å². The van der Waals surface area contributed by atoms with Crippen LogP contribution in [0.25, 0.3) is 0 Å². The summed E-state index contributed by atoms with van der Waals surface area (Å²) < 4.78 is 0. The number of carbonyl (C=O) groups excluding carboxylic acids is 1. The summed E-state index contributed by atoms with van der Waals surface area (Å²) in [5.74, 6) is -0.0222. The summed E-state index contributed by atoms with van der Waals surface area (Å²) in [4.78, 5) is 14.4. The van der Waals surface area contributed by atoms with Crippen molar-refractivity contribution in [1.82, 2.24) is 4.90 Å². The highest BCUT2D eigenvalue weighted by atomic mass is 32.1. The van der Waals surface area contributed by atoms with Crippen LogP contribution in [0.3, 0.4) is 0 Å². The lowest BCUT2D eigenvalue weighted by Gasteiger charge is -2.18. The van der Waals surface area contributed by atoms with Crippen LogP contribution < -0.4 is 5.73 Å². The predicted octanol–water partition coefficient (Wildman–Crippen LogP) is 2.90. The van der Waals surface area contributed by atoms with Gasteiger partial charge in [0.05, 0.1) is 0 Å². The number of hydrogen-bond acceptors (Lipinski definition) is 2. The number of nitrogens with zero attached hydrogens (tertiary/aromatic N) is 1. The third kappa shape index (κ3) is 3.89. The van der Waals surface area contributed by atoms with E-state index < -0.39 is 0 Å². The number of rotatable bonds is 4. The largest absolute Gasteiger partial charge is 0.389 e. The summed E-state index contributed by atoms with van der Waals surface area (Å²) in [5.41, 5.74) is 9.25. The van der Waals surface area contributed by atoms with E-state index in [2.05, 4.69) is 6.07 Å². The SMILES string of the molecule is Cc1cccc(CN(C)C(=O)c2ccc(C(N)=S)cc2)c1. The number of thiocarbonyl (C=S) groups is 1. The van der Waals surface area contributed by atoms with Gasteiger partial charge in [-0.2, -0.15) is 0 Å². The first-order valence-electron chi connectivity index (χ1n) is 6.68. The first-order valence-corrected chi connectivity index (χ1v) is 7.09. The molecule has 2 rings (SSSR count). The maximum absolute atomic E-state index is 12.4. The van der Waals surface area contributed by atoms with E-state index in [9.17, 15) is 4.79 Å². The molecule has 0 heterocycles. The Balaban J connectivity index is 2.10. The summed E-state index contributed by atoms with van der Waals surface area (Å²) in [6.45, 7) is 2.62. The van der Waals surface area contributed by atoms with Crippen LogP contribution in [0, 0.1) is 6.92 Å². The van der Waals surface area contributed by atoms with Gasteiger partial charge in [0, 0.05) is 24.7 Å². The molecule has 0 saturated carbocycles. The van der Waals surface area contributed by atoms with E-state index in [-0.39, 0.29) is 5.91 Å². The molecule has 0 spiro atoms. The molecular formula is C17H18N2OS. The zero-order chi connectivity index (χ0) is 15.4. The van der Waals surface area contributed by atoms with Crippen LogP contribution in [0.1, 0.15) is 27.0 Å². The van der Waals surface area contributed by atoms with E-state index in [0.29, 0.717) is 17.1 Å². The van der Waals surface area contributed by atoms with Gasteiger partial charge in [0.2, 0.25) is 0 Å². The second-order valence-electron chi connectivity index (χ2n) is 5.09. The van der Waals surface area contributed by atoms with Gasteiger partial charge in [0.25, 0.3) is 5.91 Å². The van der Waals surface area contributed by atoms with E-state index in [1.807, 2.05) is 25.1 Å². The van der Waals surface area contributed by atoms with Crippen LogP contribution in [-0.2, 0) is 6.54 Å². The monoisotopic (exact) mass is 298 g/mol. The number of carbonyl (C=O) groups is 1. The van der Waals surface area contributed by atoms with Crippen molar-refractivity contribution in [2.75, 3.05) is 7.05 Å². The Bertz CT molecular complexity index is 665. The lowest BCUT2D eigenvalue weighted by atomic mass is 10.1. The van der Waals surface area contributed by atoms with Crippen LogP contribution in [0.5, 0.6) is 0 Å². The summed E-state index contributed by atoms with van der Waals surface area (Å²) >= 11 is 4.90. The van der Waals surface area contributed by atoms with Gasteiger partial charge in [-0.05, 0) is 24.6 Å². The first kappa shape index (κ1) is 15.2. The van der Waals surface area contributed by atoms with Gasteiger partial charge in [-0.1, -0.05) is 54.2 Å². The lowest BCUT2D eigenvalue weighted by Crippen LogP contribution is -2.26. The number of benzene rings is 2. The average molecular weight is 298 g/mol. The highest BCUT2D eigenvalue weighted by molar-refractivity contribution is 7.80. The minimum absolute atomic E-state index is 0.0222. The maximum atomic E-state index is 12.4. The minimum Gasteiger partial charge on any atom is -0.389 e. The van der Waals surface area contributed by atoms with Crippen molar-refractivity contribution in [1.29, 1.82) is 0 Å². The standard InChI is InChI=1S/C17H18N2OS/c1-12-4-3-5-13(10-12)11-19(2)17(20)15-8-6-14(7-9-15)16(18)21/h3-10H,11H2,1-2H3,(H2,18,21). The fourth-order valence-corrected chi connectivity index (χ4v) is 2.29. The second kappa shape index (κ2) is 6.50. The van der Waals surface area contributed by atoms with Crippen LogP contribution in [0.15, 0.2) is 48.5 Å². The van der Waals surface area contributed by atoms with Gasteiger partial charge < -0.3 is 10.6 Å². The third-order valence-corrected chi connectivity index (χ3v) is 3.50. The molecule has 2 N–H and O–H groups in total. The van der Waals surface area contributed by atoms with E-state index >= 15 is 0 Å². The number of nitrogens with two attached hydrogens (primary N) is 1. The van der Waals surface area contributed by atoms with Crippen molar-refractivity contribution in [2.45, 2.75) is 13.5 Å². The third-order valence-electron chi connectivity index (χ3n) is 3.27. The van der Waals surface area contributed by atoms with E-state index in [4.69, 9.17) is 18.0 Å². The lowest BCUT2D eigenvalue weighted by molar-refractivity contribution is 0.0785. The molecule has 0 saturated heterocycles. The van der Waals surface area contributed by atoms with Crippen molar-refractivity contribution in [3.8, 4) is 0 Å². The fourth-order valence-electron chi connectivity index (χ4n) is 2.15. The van der Waals surface area contributed by atoms with Gasteiger partial charge in [0.1, 0.15) is 4.99 Å². The molecule has 108 valence electrons. The van der Waals surface area contributed by atoms with Gasteiger partial charge in [-0.15, -0.1) is 0 Å². The normalized spacial score (nSPS) is 10.2. The Morgan fingerprint density at radius 3 is 2.33 bits per heavy atom. The topological polar surface area (TPSA) is 46.3 Å². The van der Waals surface area contributed by atoms with Crippen LogP contribution >= 0.6 is 12.2 Å². The van der Waals surface area contributed by atoms with Crippen molar-refractivity contribution in [3.05, 3.63) is 70.8 Å². The van der Waals surface area contributed by atoms with E-state index in [0.717, 1.165) is 11.1 Å². The molecule has 0 radical (unpaired) electrons. The molecule has 2 aromatic rings. The first-order chi connectivity index (χ1) is 9.97. The number of hydrogen-bond donors (Lipinski definition) is 1. The maximum Gasteiger partial charge on any atom is 0.253 e. The molecular weight excluding hydrogens is 280 g/mol. The summed E-state index contributed by atoms with van der Waals surface area (Å²) in [6, 6.07) is 15.2. The van der Waals surface area contributed by atoms with Gasteiger partial charge >= 0.3 is 0 Å². The van der Waals surface area contributed by atoms with Gasteiger partial charge in [0.15, 0.2) is 0 Å². The van der Waals surface area contributed by atoms with Crippen LogP contribution in [0.2, 0.25) is 0 Å². The smallest absolute Gasteiger partial charge is 0.253 e. The van der Waals surface area contributed by atoms with Crippen LogP contribution in [0.4, 0.5) is 0 Å². The quantitative estimate of drug-likeness (QED) is 0.883. The number of amides is 1. The molecule has 3 nitrogen and oxygen atoms in total.